The van der Waals surface area contributed by atoms with Gasteiger partial charge in [-0.05, 0) is 90.2 Å². The Kier molecular flexibility index (Phi) is 10.7. The minimum atomic E-state index is -0.403. The fraction of sp³-hybridized carbons (Fsp3) is 0.310. The van der Waals surface area contributed by atoms with Crippen LogP contribution in [-0.4, -0.2) is 45.6 Å². The van der Waals surface area contributed by atoms with Crippen molar-refractivity contribution in [3.63, 3.8) is 0 Å². The van der Waals surface area contributed by atoms with Gasteiger partial charge < -0.3 is 16.4 Å². The first kappa shape index (κ1) is 30.1. The number of nitrogens with two attached hydrogens (primary N) is 1. The average molecular weight is 520 g/mol. The van der Waals surface area contributed by atoms with Gasteiger partial charge in [0.05, 0.1) is 11.6 Å². The molecular weight excluding hydrogens is 482 g/mol. The first-order valence-electron chi connectivity index (χ1n) is 12.0. The molecule has 0 spiro atoms. The second-order valence-electron chi connectivity index (χ2n) is 9.60. The maximum Gasteiger partial charge on any atom is 0.242 e. The molecule has 0 aliphatic carbocycles. The lowest BCUT2D eigenvalue weighted by Gasteiger charge is -2.13. The number of nitrogens with one attached hydrogen (secondary N) is 2. The summed E-state index contributed by atoms with van der Waals surface area (Å²) in [6.07, 6.45) is 3.52. The average Bonchev–Trinajstić information content (AvgIpc) is 2.87. The molecule has 0 radical (unpaired) electrons. The molecule has 0 aliphatic heterocycles. The Morgan fingerprint density at radius 2 is 1.79 bits per heavy atom. The first-order valence-corrected chi connectivity index (χ1v) is 12.0. The van der Waals surface area contributed by atoms with E-state index in [-0.39, 0.29) is 13.1 Å². The number of hydrogen-bond acceptors (Lipinski definition) is 8. The van der Waals surface area contributed by atoms with Gasteiger partial charge in [0, 0.05) is 41.6 Å². The third kappa shape index (κ3) is 8.78. The highest BCUT2D eigenvalue weighted by atomic mass is 17.1. The number of hydrogen-bond donors (Lipinski definition) is 4. The molecule has 2 aromatic heterocycles. The molecule has 0 fully saturated rings. The fourth-order valence-corrected chi connectivity index (χ4v) is 3.16. The van der Waals surface area contributed by atoms with Crippen LogP contribution in [0.4, 0.5) is 5.82 Å². The molecule has 0 bridgehead atoms. The number of benzene rings is 1. The number of carbonyl (C=O) groups is 2. The lowest BCUT2D eigenvalue weighted by molar-refractivity contribution is -0.306. The molecule has 1 atom stereocenters. The Hall–Kier alpha value is -4.10. The summed E-state index contributed by atoms with van der Waals surface area (Å²) < 4.78 is 0. The second kappa shape index (κ2) is 13.4. The molecular formula is C29H37N5O4. The Balaban J connectivity index is 0.000000977. The van der Waals surface area contributed by atoms with Gasteiger partial charge in [0.25, 0.3) is 0 Å². The molecule has 1 amide bonds. The minimum absolute atomic E-state index is 0. The van der Waals surface area contributed by atoms with Crippen molar-refractivity contribution in [2.75, 3.05) is 12.4 Å². The van der Waals surface area contributed by atoms with E-state index in [0.29, 0.717) is 28.3 Å². The van der Waals surface area contributed by atoms with Crippen LogP contribution in [0.3, 0.4) is 0 Å². The largest absolute Gasteiger partial charge is 0.402 e. The van der Waals surface area contributed by atoms with E-state index in [1.165, 1.54) is 6.92 Å². The Morgan fingerprint density at radius 1 is 1.11 bits per heavy atom. The molecule has 9 nitrogen and oxygen atoms in total. The maximum atomic E-state index is 12.3. The predicted molar refractivity (Wildman–Crippen MR) is 152 cm³/mol. The molecule has 0 saturated heterocycles. The topological polar surface area (TPSA) is 139 Å². The molecule has 1 unspecified atom stereocenters. The summed E-state index contributed by atoms with van der Waals surface area (Å²) in [7, 11) is 1.70. The van der Waals surface area contributed by atoms with Gasteiger partial charge in [0.15, 0.2) is 5.78 Å². The van der Waals surface area contributed by atoms with Crippen molar-refractivity contribution in [3.8, 4) is 11.8 Å². The monoisotopic (exact) mass is 519 g/mol. The number of rotatable bonds is 5. The second-order valence-corrected chi connectivity index (χ2v) is 9.60. The number of Topliss-reactive ketones (excluding diaryl/α,β-unsaturated/α-hetero) is 1. The number of anilines is 1. The number of likely N-dealkylation sites (N-methyl/N-ethyl adjacent to an activating group) is 1. The molecule has 0 aliphatic rings. The number of allylic oxidation sites excluding steroid dienone is 2. The highest BCUT2D eigenvalue weighted by Gasteiger charge is 2.17. The smallest absolute Gasteiger partial charge is 0.242 e. The van der Waals surface area contributed by atoms with Crippen molar-refractivity contribution in [1.82, 2.24) is 15.3 Å². The predicted octanol–water partition coefficient (Wildman–Crippen LogP) is 4.38. The van der Waals surface area contributed by atoms with Gasteiger partial charge >= 0.3 is 0 Å². The van der Waals surface area contributed by atoms with Gasteiger partial charge in [-0.3, -0.25) is 19.8 Å². The quantitative estimate of drug-likeness (QED) is 0.169. The zero-order valence-electron chi connectivity index (χ0n) is 22.8. The molecule has 3 rings (SSSR count). The van der Waals surface area contributed by atoms with Gasteiger partial charge in [-0.15, -0.1) is 0 Å². The van der Waals surface area contributed by atoms with Crippen LogP contribution in [0.15, 0.2) is 54.5 Å². The highest BCUT2D eigenvalue weighted by Crippen LogP contribution is 2.23. The van der Waals surface area contributed by atoms with Crippen LogP contribution in [0.1, 0.15) is 59.8 Å². The molecule has 5 N–H and O–H groups in total. The van der Waals surface area contributed by atoms with Crippen molar-refractivity contribution < 1.29 is 21.2 Å². The summed E-state index contributed by atoms with van der Waals surface area (Å²) in [5.74, 6) is 6.09. The maximum absolute atomic E-state index is 12.3. The zero-order valence-corrected chi connectivity index (χ0v) is 22.8. The van der Waals surface area contributed by atoms with E-state index in [2.05, 4.69) is 37.3 Å². The van der Waals surface area contributed by atoms with E-state index < -0.39 is 11.6 Å². The number of ketones is 1. The van der Waals surface area contributed by atoms with Crippen molar-refractivity contribution in [3.05, 3.63) is 71.3 Å². The van der Waals surface area contributed by atoms with E-state index >= 15 is 0 Å². The van der Waals surface area contributed by atoms with Crippen LogP contribution < -0.4 is 16.4 Å². The van der Waals surface area contributed by atoms with Gasteiger partial charge in [-0.2, -0.15) is 0 Å². The van der Waals surface area contributed by atoms with Crippen LogP contribution in [0.2, 0.25) is 0 Å². The van der Waals surface area contributed by atoms with Crippen LogP contribution >= 0.6 is 0 Å². The molecule has 2 heterocycles. The van der Waals surface area contributed by atoms with Crippen molar-refractivity contribution >= 4 is 33.9 Å². The van der Waals surface area contributed by atoms with Crippen LogP contribution in [0.5, 0.6) is 0 Å². The summed E-state index contributed by atoms with van der Waals surface area (Å²) in [6.45, 7) is 10.2. The van der Waals surface area contributed by atoms with Crippen molar-refractivity contribution in [1.29, 1.82) is 0 Å². The van der Waals surface area contributed by atoms with E-state index in [1.54, 1.807) is 66.2 Å². The summed E-state index contributed by atoms with van der Waals surface area (Å²) in [4.78, 5) is 37.1. The van der Waals surface area contributed by atoms with E-state index in [1.807, 2.05) is 24.3 Å². The molecule has 0 saturated carbocycles. The number of carbonyl (C=O) groups excluding carboxylic acids is 2. The van der Waals surface area contributed by atoms with E-state index in [4.69, 9.17) is 11.0 Å². The summed E-state index contributed by atoms with van der Waals surface area (Å²) >= 11 is 0. The van der Waals surface area contributed by atoms with Gasteiger partial charge in [0.2, 0.25) is 5.91 Å². The minimum Gasteiger partial charge on any atom is -0.402 e. The van der Waals surface area contributed by atoms with Crippen LogP contribution in [0, 0.1) is 11.8 Å². The third-order valence-corrected chi connectivity index (χ3v) is 5.23. The van der Waals surface area contributed by atoms with Crippen LogP contribution in [0.25, 0.3) is 16.3 Å². The Labute approximate surface area is 224 Å². The fourth-order valence-electron chi connectivity index (χ4n) is 3.16. The summed E-state index contributed by atoms with van der Waals surface area (Å²) in [5, 5.41) is 15.6. The summed E-state index contributed by atoms with van der Waals surface area (Å²) in [5.41, 5.74) is 7.97. The molecule has 9 heteroatoms. The van der Waals surface area contributed by atoms with E-state index in [0.717, 1.165) is 16.3 Å². The summed E-state index contributed by atoms with van der Waals surface area (Å²) in [6, 6.07) is 10.7. The first-order chi connectivity index (χ1) is 17.9. The number of aromatic nitrogens is 2. The van der Waals surface area contributed by atoms with Crippen molar-refractivity contribution in [2.24, 2.45) is 5.73 Å². The number of nitrogens with zero attached hydrogens (tertiary/aromatic N) is 2. The number of fused-ring (bicyclic) bond motifs is 1. The lowest BCUT2D eigenvalue weighted by Crippen LogP contribution is -2.35. The van der Waals surface area contributed by atoms with Crippen LogP contribution in [-0.2, 0) is 14.5 Å². The molecule has 202 valence electrons. The molecule has 38 heavy (non-hydrogen) atoms. The third-order valence-electron chi connectivity index (χ3n) is 5.23. The van der Waals surface area contributed by atoms with Gasteiger partial charge in [-0.1, -0.05) is 12.0 Å². The van der Waals surface area contributed by atoms with Gasteiger partial charge in [0.1, 0.15) is 11.5 Å². The molecule has 3 aromatic rings. The SMILES string of the molecule is CC(C)(C)OO.CNC(C)C(=O)Nc1ccc(/C(C(C)=O)=C(\C)N)c(C#Cc2ccc3cnccc3c2)n1.[HH]. The molecule has 1 aromatic carbocycles. The van der Waals surface area contributed by atoms with Gasteiger partial charge in [-0.25, -0.2) is 9.87 Å². The standard InChI is InChI=1S/C25H25N5O2.C4H10O2.H2/c1-15(26)24(17(3)31)21-8-10-23(30-25(32)16(2)27-4)29-22(21)9-6-18-5-7-20-14-28-12-11-19(20)13-18;1-4(2,3)6-5;/h5,7-8,10-14,16,27H,26H2,1-4H3,(H,29,30,32);5H,1-3H3;1H/b24-15+;;. The Bertz CT molecular complexity index is 1400. The zero-order chi connectivity index (χ0) is 28.5. The highest BCUT2D eigenvalue weighted by molar-refractivity contribution is 6.20. The Morgan fingerprint density at radius 3 is 2.37 bits per heavy atom. The number of amides is 1. The van der Waals surface area contributed by atoms with Crippen molar-refractivity contribution in [2.45, 2.75) is 53.2 Å². The number of pyridine rings is 2. The normalized spacial score (nSPS) is 12.3. The van der Waals surface area contributed by atoms with E-state index in [9.17, 15) is 9.59 Å². The lowest BCUT2D eigenvalue weighted by atomic mass is 9.98.